The van der Waals surface area contributed by atoms with Crippen LogP contribution >= 0.6 is 0 Å². The van der Waals surface area contributed by atoms with Gasteiger partial charge in [-0.1, -0.05) is 18.2 Å². The summed E-state index contributed by atoms with van der Waals surface area (Å²) in [5.74, 6) is 0.525. The first kappa shape index (κ1) is 13.5. The molecule has 0 aromatic carbocycles. The highest BCUT2D eigenvalue weighted by Crippen LogP contribution is 2.30. The molecule has 0 aliphatic heterocycles. The third kappa shape index (κ3) is 4.11. The molecule has 1 aliphatic carbocycles. The summed E-state index contributed by atoms with van der Waals surface area (Å²) in [5.41, 5.74) is 2.24. The Bertz CT molecular complexity index is 284. The Morgan fingerprint density at radius 3 is 2.56 bits per heavy atom. The Balaban J connectivity index is 2.55. The van der Waals surface area contributed by atoms with Crippen molar-refractivity contribution < 1.29 is 9.78 Å². The lowest BCUT2D eigenvalue weighted by atomic mass is 9.84. The van der Waals surface area contributed by atoms with Crippen molar-refractivity contribution in [2.45, 2.75) is 59.2 Å². The van der Waals surface area contributed by atoms with Crippen LogP contribution in [0.2, 0.25) is 0 Å². The van der Waals surface area contributed by atoms with Crippen molar-refractivity contribution in [3.8, 4) is 0 Å². The molecule has 2 nitrogen and oxygen atoms in total. The molecule has 0 saturated heterocycles. The molecule has 1 unspecified atom stereocenters. The minimum atomic E-state index is -0.254. The lowest BCUT2D eigenvalue weighted by Crippen LogP contribution is -2.28. The fraction of sp³-hybridized carbons (Fsp3) is 0.714. The third-order valence-electron chi connectivity index (χ3n) is 2.84. The molecule has 0 saturated carbocycles. The molecule has 0 heterocycles. The largest absolute Gasteiger partial charge is 0.230 e. The highest BCUT2D eigenvalue weighted by Gasteiger charge is 2.25. The quantitative estimate of drug-likeness (QED) is 0.409. The Kier molecular flexibility index (Phi) is 4.34. The Labute approximate surface area is 99.3 Å². The summed E-state index contributed by atoms with van der Waals surface area (Å²) in [4.78, 5) is 10.9. The van der Waals surface area contributed by atoms with Crippen LogP contribution < -0.4 is 0 Å². The lowest BCUT2D eigenvalue weighted by Gasteiger charge is -2.30. The standard InChI is InChI=1S/C14H24O2/c1-10(2)12-8-7-11(3)13(9-12)15-16-14(4,5)6/h7,12-13H,1,8-9H2,2-6H3/t12-,13?/m1/s1. The summed E-state index contributed by atoms with van der Waals surface area (Å²) in [6.07, 6.45) is 4.37. The molecular formula is C14H24O2. The van der Waals surface area contributed by atoms with Gasteiger partial charge in [-0.2, -0.15) is 0 Å². The molecular weight excluding hydrogens is 200 g/mol. The highest BCUT2D eigenvalue weighted by atomic mass is 17.2. The van der Waals surface area contributed by atoms with Crippen molar-refractivity contribution in [1.82, 2.24) is 0 Å². The maximum atomic E-state index is 5.53. The summed E-state index contributed by atoms with van der Waals surface area (Å²) in [6, 6.07) is 0. The molecule has 0 radical (unpaired) electrons. The molecule has 2 atom stereocenters. The third-order valence-corrected chi connectivity index (χ3v) is 2.84. The highest BCUT2D eigenvalue weighted by molar-refractivity contribution is 5.14. The normalized spacial score (nSPS) is 26.4. The molecule has 0 aromatic rings. The van der Waals surface area contributed by atoms with Crippen LogP contribution in [0, 0.1) is 5.92 Å². The first-order valence-corrected chi connectivity index (χ1v) is 5.96. The Morgan fingerprint density at radius 1 is 1.44 bits per heavy atom. The van der Waals surface area contributed by atoms with E-state index in [-0.39, 0.29) is 11.7 Å². The van der Waals surface area contributed by atoms with Gasteiger partial charge in [-0.3, -0.25) is 0 Å². The Morgan fingerprint density at radius 2 is 2.06 bits per heavy atom. The van der Waals surface area contributed by atoms with Crippen LogP contribution in [0.4, 0.5) is 0 Å². The van der Waals surface area contributed by atoms with E-state index in [1.54, 1.807) is 0 Å². The molecule has 0 fully saturated rings. The molecule has 0 aromatic heterocycles. The predicted molar refractivity (Wildman–Crippen MR) is 67.0 cm³/mol. The van der Waals surface area contributed by atoms with Gasteiger partial charge in [-0.15, -0.1) is 0 Å². The number of hydrogen-bond acceptors (Lipinski definition) is 2. The van der Waals surface area contributed by atoms with E-state index in [0.29, 0.717) is 5.92 Å². The molecule has 1 rings (SSSR count). The van der Waals surface area contributed by atoms with Gasteiger partial charge in [0.05, 0.1) is 5.60 Å². The first-order valence-electron chi connectivity index (χ1n) is 5.96. The van der Waals surface area contributed by atoms with E-state index in [9.17, 15) is 0 Å². The minimum absolute atomic E-state index is 0.0784. The van der Waals surface area contributed by atoms with Crippen molar-refractivity contribution in [2.75, 3.05) is 0 Å². The second-order valence-electron chi connectivity index (χ2n) is 5.74. The van der Waals surface area contributed by atoms with E-state index < -0.39 is 0 Å². The topological polar surface area (TPSA) is 18.5 Å². The van der Waals surface area contributed by atoms with Crippen LogP contribution in [0.1, 0.15) is 47.5 Å². The average Bonchev–Trinajstić information content (AvgIpc) is 2.14. The van der Waals surface area contributed by atoms with Crippen LogP contribution in [0.3, 0.4) is 0 Å². The summed E-state index contributed by atoms with van der Waals surface area (Å²) in [7, 11) is 0. The fourth-order valence-electron chi connectivity index (χ4n) is 1.72. The average molecular weight is 224 g/mol. The zero-order valence-corrected chi connectivity index (χ0v) is 11.2. The van der Waals surface area contributed by atoms with E-state index in [2.05, 4.69) is 26.5 Å². The van der Waals surface area contributed by atoms with Crippen molar-refractivity contribution in [3.05, 3.63) is 23.8 Å². The summed E-state index contributed by atoms with van der Waals surface area (Å²) < 4.78 is 0. The van der Waals surface area contributed by atoms with Gasteiger partial charge in [0.25, 0.3) is 0 Å². The fourth-order valence-corrected chi connectivity index (χ4v) is 1.72. The lowest BCUT2D eigenvalue weighted by molar-refractivity contribution is -0.368. The molecule has 0 amide bonds. The molecule has 0 spiro atoms. The number of allylic oxidation sites excluding steroid dienone is 2. The van der Waals surface area contributed by atoms with Gasteiger partial charge in [0, 0.05) is 0 Å². The van der Waals surface area contributed by atoms with Crippen LogP contribution in [0.15, 0.2) is 23.8 Å². The van der Waals surface area contributed by atoms with Gasteiger partial charge < -0.3 is 0 Å². The van der Waals surface area contributed by atoms with Crippen molar-refractivity contribution >= 4 is 0 Å². The summed E-state index contributed by atoms with van der Waals surface area (Å²) in [6.45, 7) is 14.2. The van der Waals surface area contributed by atoms with Crippen molar-refractivity contribution in [1.29, 1.82) is 0 Å². The van der Waals surface area contributed by atoms with Gasteiger partial charge in [-0.25, -0.2) is 9.78 Å². The maximum absolute atomic E-state index is 5.53. The van der Waals surface area contributed by atoms with Gasteiger partial charge >= 0.3 is 0 Å². The maximum Gasteiger partial charge on any atom is 0.114 e. The predicted octanol–water partition coefficient (Wildman–Crippen LogP) is 4.03. The molecule has 1 aliphatic rings. The smallest absolute Gasteiger partial charge is 0.114 e. The SMILES string of the molecule is C=C(C)[C@@H]1CC=C(C)C(OOC(C)(C)C)C1. The van der Waals surface area contributed by atoms with Gasteiger partial charge in [0.2, 0.25) is 0 Å². The molecule has 92 valence electrons. The van der Waals surface area contributed by atoms with Crippen LogP contribution in [-0.4, -0.2) is 11.7 Å². The van der Waals surface area contributed by atoms with Crippen molar-refractivity contribution in [2.24, 2.45) is 5.92 Å². The molecule has 0 N–H and O–H groups in total. The zero-order valence-electron chi connectivity index (χ0n) is 11.2. The minimum Gasteiger partial charge on any atom is -0.230 e. The second kappa shape index (κ2) is 5.15. The van der Waals surface area contributed by atoms with E-state index >= 15 is 0 Å². The van der Waals surface area contributed by atoms with Gasteiger partial charge in [0.15, 0.2) is 0 Å². The zero-order chi connectivity index (χ0) is 12.3. The number of hydrogen-bond donors (Lipinski definition) is 0. The summed E-state index contributed by atoms with van der Waals surface area (Å²) in [5, 5.41) is 0. The Hall–Kier alpha value is -0.600. The van der Waals surface area contributed by atoms with E-state index in [4.69, 9.17) is 9.78 Å². The van der Waals surface area contributed by atoms with Crippen LogP contribution in [-0.2, 0) is 9.78 Å². The first-order chi connectivity index (χ1) is 7.29. The van der Waals surface area contributed by atoms with Crippen LogP contribution in [0.5, 0.6) is 0 Å². The molecule has 0 bridgehead atoms. The monoisotopic (exact) mass is 224 g/mol. The van der Waals surface area contributed by atoms with Crippen LogP contribution in [0.25, 0.3) is 0 Å². The molecule has 2 heteroatoms. The molecule has 16 heavy (non-hydrogen) atoms. The number of rotatable bonds is 3. The van der Waals surface area contributed by atoms with Gasteiger partial charge in [0.1, 0.15) is 6.10 Å². The van der Waals surface area contributed by atoms with E-state index in [1.165, 1.54) is 11.1 Å². The van der Waals surface area contributed by atoms with Crippen molar-refractivity contribution in [3.63, 3.8) is 0 Å². The van der Waals surface area contributed by atoms with E-state index in [1.807, 2.05) is 20.8 Å². The van der Waals surface area contributed by atoms with E-state index in [0.717, 1.165) is 12.8 Å². The van der Waals surface area contributed by atoms with Gasteiger partial charge in [-0.05, 0) is 59.0 Å². The summed E-state index contributed by atoms with van der Waals surface area (Å²) >= 11 is 0. The second-order valence-corrected chi connectivity index (χ2v) is 5.74.